The zero-order valence-electron chi connectivity index (χ0n) is 15.0. The first kappa shape index (κ1) is 19.1. The molecule has 1 aliphatic rings. The van der Waals surface area contributed by atoms with Crippen LogP contribution in [0.25, 0.3) is 0 Å². The van der Waals surface area contributed by atoms with Crippen molar-refractivity contribution in [3.05, 3.63) is 64.7 Å². The molecule has 0 saturated heterocycles. The molecule has 0 aromatic heterocycles. The molecule has 2 N–H and O–H groups in total. The first-order chi connectivity index (χ1) is 13.1. The van der Waals surface area contributed by atoms with Crippen LogP contribution in [0.3, 0.4) is 0 Å². The Hall–Kier alpha value is -2.66. The minimum absolute atomic E-state index is 0.0193. The number of carbonyl (C=O) groups is 2. The van der Waals surface area contributed by atoms with Gasteiger partial charge in [-0.3, -0.25) is 9.59 Å². The number of nitrogens with zero attached hydrogens (tertiary/aromatic N) is 1. The zero-order chi connectivity index (χ0) is 19.1. The van der Waals surface area contributed by atoms with E-state index in [0.29, 0.717) is 16.3 Å². The van der Waals surface area contributed by atoms with Crippen LogP contribution in [-0.2, 0) is 4.79 Å². The standard InChI is InChI=1S/C21H22ClN3O2/c22-19-12-5-4-11-18(19)21(27)24-17-10-6-7-15(13-17)14-23-25-20(26)16-8-2-1-3-9-16/h4-7,10-14,16H,1-3,8-9H2,(H,24,27)(H,25,26)/b23-14-. The highest BCUT2D eigenvalue weighted by Gasteiger charge is 2.20. The van der Waals surface area contributed by atoms with Crippen molar-refractivity contribution in [1.82, 2.24) is 5.43 Å². The van der Waals surface area contributed by atoms with Gasteiger partial charge < -0.3 is 5.32 Å². The van der Waals surface area contributed by atoms with E-state index in [0.717, 1.165) is 31.2 Å². The van der Waals surface area contributed by atoms with Gasteiger partial charge in [0, 0.05) is 11.6 Å². The van der Waals surface area contributed by atoms with Crippen LogP contribution in [0.15, 0.2) is 53.6 Å². The van der Waals surface area contributed by atoms with E-state index in [2.05, 4.69) is 15.8 Å². The average molecular weight is 384 g/mol. The third-order valence-corrected chi connectivity index (χ3v) is 4.96. The average Bonchev–Trinajstić information content (AvgIpc) is 2.69. The van der Waals surface area contributed by atoms with Crippen LogP contribution in [0.1, 0.15) is 48.0 Å². The molecule has 0 unspecified atom stereocenters. The van der Waals surface area contributed by atoms with E-state index < -0.39 is 0 Å². The maximum absolute atomic E-state index is 12.3. The zero-order valence-corrected chi connectivity index (χ0v) is 15.7. The number of rotatable bonds is 5. The summed E-state index contributed by atoms with van der Waals surface area (Å²) in [5.41, 5.74) is 4.44. The number of hydrazone groups is 1. The lowest BCUT2D eigenvalue weighted by Crippen LogP contribution is -2.28. The van der Waals surface area contributed by atoms with E-state index >= 15 is 0 Å². The van der Waals surface area contributed by atoms with E-state index in [-0.39, 0.29) is 17.7 Å². The highest BCUT2D eigenvalue weighted by atomic mass is 35.5. The Morgan fingerprint density at radius 3 is 2.59 bits per heavy atom. The maximum Gasteiger partial charge on any atom is 0.257 e. The van der Waals surface area contributed by atoms with Crippen molar-refractivity contribution in [3.63, 3.8) is 0 Å². The molecule has 0 bridgehead atoms. The van der Waals surface area contributed by atoms with E-state index in [1.807, 2.05) is 12.1 Å². The number of nitrogens with one attached hydrogen (secondary N) is 2. The summed E-state index contributed by atoms with van der Waals surface area (Å²) in [6.45, 7) is 0. The fraction of sp³-hybridized carbons (Fsp3) is 0.286. The largest absolute Gasteiger partial charge is 0.322 e. The molecule has 140 valence electrons. The van der Waals surface area contributed by atoms with E-state index in [1.165, 1.54) is 6.42 Å². The maximum atomic E-state index is 12.3. The lowest BCUT2D eigenvalue weighted by atomic mass is 9.89. The number of amides is 2. The van der Waals surface area contributed by atoms with Crippen molar-refractivity contribution in [1.29, 1.82) is 0 Å². The second-order valence-corrected chi connectivity index (χ2v) is 7.04. The molecule has 0 radical (unpaired) electrons. The Labute approximate surface area is 163 Å². The summed E-state index contributed by atoms with van der Waals surface area (Å²) in [6, 6.07) is 14.1. The lowest BCUT2D eigenvalue weighted by Gasteiger charge is -2.19. The summed E-state index contributed by atoms with van der Waals surface area (Å²) in [7, 11) is 0. The molecule has 1 aliphatic carbocycles. The van der Waals surface area contributed by atoms with Gasteiger partial charge in [0.05, 0.1) is 16.8 Å². The van der Waals surface area contributed by atoms with E-state index in [9.17, 15) is 9.59 Å². The Bertz CT molecular complexity index is 845. The molecular formula is C21H22ClN3O2. The van der Waals surface area contributed by atoms with Crippen molar-refractivity contribution in [3.8, 4) is 0 Å². The molecule has 1 fully saturated rings. The number of halogens is 1. The van der Waals surface area contributed by atoms with Crippen molar-refractivity contribution in [2.24, 2.45) is 11.0 Å². The minimum Gasteiger partial charge on any atom is -0.322 e. The molecule has 0 heterocycles. The summed E-state index contributed by atoms with van der Waals surface area (Å²) in [5.74, 6) is -0.230. The third-order valence-electron chi connectivity index (χ3n) is 4.63. The van der Waals surface area contributed by atoms with Crippen LogP contribution in [0.2, 0.25) is 5.02 Å². The summed E-state index contributed by atoms with van der Waals surface area (Å²) < 4.78 is 0. The van der Waals surface area contributed by atoms with Crippen LogP contribution in [0.4, 0.5) is 5.69 Å². The van der Waals surface area contributed by atoms with Gasteiger partial charge in [-0.1, -0.05) is 55.1 Å². The molecular weight excluding hydrogens is 362 g/mol. The molecule has 6 heteroatoms. The summed E-state index contributed by atoms with van der Waals surface area (Å²) >= 11 is 6.06. The molecule has 1 saturated carbocycles. The summed E-state index contributed by atoms with van der Waals surface area (Å²) in [4.78, 5) is 24.4. The molecule has 2 aromatic carbocycles. The molecule has 2 amide bonds. The van der Waals surface area contributed by atoms with E-state index in [1.54, 1.807) is 42.6 Å². The van der Waals surface area contributed by atoms with Crippen LogP contribution < -0.4 is 10.7 Å². The smallest absolute Gasteiger partial charge is 0.257 e. The number of hydrogen-bond acceptors (Lipinski definition) is 3. The first-order valence-electron chi connectivity index (χ1n) is 9.12. The topological polar surface area (TPSA) is 70.6 Å². The highest BCUT2D eigenvalue weighted by molar-refractivity contribution is 6.34. The molecule has 2 aromatic rings. The Kier molecular flexibility index (Phi) is 6.60. The van der Waals surface area contributed by atoms with Gasteiger partial charge in [-0.25, -0.2) is 5.43 Å². The van der Waals surface area contributed by atoms with Gasteiger partial charge in [0.2, 0.25) is 5.91 Å². The van der Waals surface area contributed by atoms with Crippen LogP contribution in [-0.4, -0.2) is 18.0 Å². The van der Waals surface area contributed by atoms with Crippen LogP contribution in [0.5, 0.6) is 0 Å². The van der Waals surface area contributed by atoms with Gasteiger partial charge >= 0.3 is 0 Å². The molecule has 0 spiro atoms. The van der Waals surface area contributed by atoms with E-state index in [4.69, 9.17) is 11.6 Å². The predicted molar refractivity (Wildman–Crippen MR) is 108 cm³/mol. The fourth-order valence-electron chi connectivity index (χ4n) is 3.17. The number of anilines is 1. The predicted octanol–water partition coefficient (Wildman–Crippen LogP) is 4.62. The molecule has 5 nitrogen and oxygen atoms in total. The van der Waals surface area contributed by atoms with Gasteiger partial charge in [0.15, 0.2) is 0 Å². The fourth-order valence-corrected chi connectivity index (χ4v) is 3.39. The van der Waals surface area contributed by atoms with Crippen LogP contribution >= 0.6 is 11.6 Å². The van der Waals surface area contributed by atoms with Gasteiger partial charge in [0.1, 0.15) is 0 Å². The second-order valence-electron chi connectivity index (χ2n) is 6.63. The molecule has 27 heavy (non-hydrogen) atoms. The first-order valence-corrected chi connectivity index (χ1v) is 9.50. The number of hydrogen-bond donors (Lipinski definition) is 2. The monoisotopic (exact) mass is 383 g/mol. The second kappa shape index (κ2) is 9.33. The lowest BCUT2D eigenvalue weighted by molar-refractivity contribution is -0.125. The normalized spacial score (nSPS) is 14.9. The summed E-state index contributed by atoms with van der Waals surface area (Å²) in [6.07, 6.45) is 6.87. The third kappa shape index (κ3) is 5.41. The number of carbonyl (C=O) groups excluding carboxylic acids is 2. The molecule has 3 rings (SSSR count). The van der Waals surface area contributed by atoms with Gasteiger partial charge in [-0.15, -0.1) is 0 Å². The van der Waals surface area contributed by atoms with Crippen LogP contribution in [0, 0.1) is 5.92 Å². The molecule has 0 aliphatic heterocycles. The van der Waals surface area contributed by atoms with Gasteiger partial charge in [-0.05, 0) is 42.7 Å². The Balaban J connectivity index is 1.59. The number of benzene rings is 2. The Morgan fingerprint density at radius 2 is 1.81 bits per heavy atom. The Morgan fingerprint density at radius 1 is 1.04 bits per heavy atom. The van der Waals surface area contributed by atoms with Crippen molar-refractivity contribution in [2.45, 2.75) is 32.1 Å². The highest BCUT2D eigenvalue weighted by Crippen LogP contribution is 2.23. The van der Waals surface area contributed by atoms with Crippen molar-refractivity contribution >= 4 is 35.3 Å². The van der Waals surface area contributed by atoms with Crippen molar-refractivity contribution in [2.75, 3.05) is 5.32 Å². The van der Waals surface area contributed by atoms with Gasteiger partial charge in [-0.2, -0.15) is 5.10 Å². The van der Waals surface area contributed by atoms with Gasteiger partial charge in [0.25, 0.3) is 5.91 Å². The summed E-state index contributed by atoms with van der Waals surface area (Å²) in [5, 5.41) is 7.27. The minimum atomic E-state index is -0.278. The molecule has 0 atom stereocenters. The van der Waals surface area contributed by atoms with Crippen molar-refractivity contribution < 1.29 is 9.59 Å². The quantitative estimate of drug-likeness (QED) is 0.584. The SMILES string of the molecule is O=C(Nc1cccc(/C=N\NC(=O)C2CCCCC2)c1)c1ccccc1Cl.